The van der Waals surface area contributed by atoms with Crippen molar-refractivity contribution in [2.45, 2.75) is 19.3 Å². The molecule has 6 heteroatoms. The molecule has 132 valence electrons. The summed E-state index contributed by atoms with van der Waals surface area (Å²) in [5.74, 6) is -0.230. The highest BCUT2D eigenvalue weighted by Gasteiger charge is 2.33. The van der Waals surface area contributed by atoms with Crippen LogP contribution in [0.4, 0.5) is 0 Å². The van der Waals surface area contributed by atoms with E-state index in [1.165, 1.54) is 16.7 Å². The quantitative estimate of drug-likeness (QED) is 0.857. The van der Waals surface area contributed by atoms with Crippen LogP contribution in [0.3, 0.4) is 0 Å². The van der Waals surface area contributed by atoms with Crippen molar-refractivity contribution >= 4 is 40.3 Å². The Kier molecular flexibility index (Phi) is 4.63. The van der Waals surface area contributed by atoms with Crippen molar-refractivity contribution in [2.24, 2.45) is 0 Å². The number of rotatable bonds is 2. The summed E-state index contributed by atoms with van der Waals surface area (Å²) in [6.45, 7) is 2.01. The average Bonchev–Trinajstić information content (AvgIpc) is 3.03. The van der Waals surface area contributed by atoms with Crippen LogP contribution in [0.1, 0.15) is 29.5 Å². The zero-order valence-corrected chi connectivity index (χ0v) is 15.3. The molecular weight excluding hydrogens is 361 g/mol. The molecule has 0 aromatic heterocycles. The molecular formula is C19H19Cl2NO3. The van der Waals surface area contributed by atoms with Gasteiger partial charge in [-0.3, -0.25) is 4.79 Å². The number of carbonyl (C=O) groups excluding carboxylic acids is 1. The Bertz CT molecular complexity index is 813. The highest BCUT2D eigenvalue weighted by atomic mass is 35.5. The highest BCUT2D eigenvalue weighted by molar-refractivity contribution is 6.43. The van der Waals surface area contributed by atoms with Crippen molar-refractivity contribution in [2.75, 3.05) is 32.9 Å². The molecule has 1 amide bonds. The van der Waals surface area contributed by atoms with Gasteiger partial charge in [0.15, 0.2) is 0 Å². The lowest BCUT2D eigenvalue weighted by molar-refractivity contribution is -0.133. The number of nitrogens with zero attached hydrogens (tertiary/aromatic N) is 1. The van der Waals surface area contributed by atoms with Gasteiger partial charge in [0.2, 0.25) is 5.91 Å². The third-order valence-electron chi connectivity index (χ3n) is 5.27. The molecule has 0 fully saturated rings. The van der Waals surface area contributed by atoms with Gasteiger partial charge in [0, 0.05) is 13.1 Å². The minimum atomic E-state index is -0.452. The second-order valence-corrected chi connectivity index (χ2v) is 7.40. The van der Waals surface area contributed by atoms with Gasteiger partial charge in [-0.2, -0.15) is 0 Å². The molecule has 1 aromatic rings. The third-order valence-corrected chi connectivity index (χ3v) is 6.09. The van der Waals surface area contributed by atoms with Crippen LogP contribution in [0, 0.1) is 0 Å². The Labute approximate surface area is 156 Å². The van der Waals surface area contributed by atoms with Gasteiger partial charge in [-0.15, -0.1) is 0 Å². The molecule has 2 heterocycles. The predicted molar refractivity (Wildman–Crippen MR) is 98.8 cm³/mol. The number of carbonyl (C=O) groups is 1. The number of hydrogen-bond donors (Lipinski definition) is 1. The molecule has 1 aromatic carbocycles. The highest BCUT2D eigenvalue weighted by Crippen LogP contribution is 2.47. The molecule has 0 spiro atoms. The number of benzene rings is 1. The zero-order valence-electron chi connectivity index (χ0n) is 13.8. The summed E-state index contributed by atoms with van der Waals surface area (Å²) < 4.78 is 5.44. The lowest BCUT2D eigenvalue weighted by Gasteiger charge is -2.29. The summed E-state index contributed by atoms with van der Waals surface area (Å²) in [4.78, 5) is 13.7. The second kappa shape index (κ2) is 6.76. The largest absolute Gasteiger partial charge is 0.387 e. The van der Waals surface area contributed by atoms with Crippen LogP contribution in [0.2, 0.25) is 10.0 Å². The Morgan fingerprint density at radius 2 is 2.16 bits per heavy atom. The van der Waals surface area contributed by atoms with E-state index in [2.05, 4.69) is 6.08 Å². The van der Waals surface area contributed by atoms with Crippen molar-refractivity contribution in [1.82, 2.24) is 4.90 Å². The molecule has 0 radical (unpaired) electrons. The van der Waals surface area contributed by atoms with E-state index < -0.39 is 6.61 Å². The summed E-state index contributed by atoms with van der Waals surface area (Å²) >= 11 is 12.9. The maximum atomic E-state index is 12.0. The fraction of sp³-hybridized carbons (Fsp3) is 0.421. The molecule has 0 bridgehead atoms. The Morgan fingerprint density at radius 1 is 1.32 bits per heavy atom. The number of halogens is 2. The first kappa shape index (κ1) is 17.1. The molecule has 0 saturated heterocycles. The van der Waals surface area contributed by atoms with Crippen LogP contribution < -0.4 is 0 Å². The maximum Gasteiger partial charge on any atom is 0.248 e. The van der Waals surface area contributed by atoms with Crippen molar-refractivity contribution in [1.29, 1.82) is 0 Å². The first-order valence-electron chi connectivity index (χ1n) is 8.48. The van der Waals surface area contributed by atoms with Gasteiger partial charge in [-0.25, -0.2) is 0 Å². The van der Waals surface area contributed by atoms with Crippen molar-refractivity contribution in [3.8, 4) is 0 Å². The molecule has 1 aliphatic carbocycles. The van der Waals surface area contributed by atoms with Gasteiger partial charge < -0.3 is 14.7 Å². The van der Waals surface area contributed by atoms with E-state index in [1.54, 1.807) is 4.90 Å². The monoisotopic (exact) mass is 379 g/mol. The number of ether oxygens (including phenoxy) is 1. The molecule has 0 unspecified atom stereocenters. The van der Waals surface area contributed by atoms with Gasteiger partial charge in [-0.05, 0) is 53.2 Å². The number of aliphatic hydroxyl groups excluding tert-OH is 1. The zero-order chi connectivity index (χ0) is 17.6. The smallest absolute Gasteiger partial charge is 0.248 e. The van der Waals surface area contributed by atoms with Gasteiger partial charge >= 0.3 is 0 Å². The topological polar surface area (TPSA) is 49.8 Å². The van der Waals surface area contributed by atoms with Crippen molar-refractivity contribution < 1.29 is 14.6 Å². The van der Waals surface area contributed by atoms with E-state index in [9.17, 15) is 9.90 Å². The van der Waals surface area contributed by atoms with E-state index in [0.717, 1.165) is 36.0 Å². The van der Waals surface area contributed by atoms with Gasteiger partial charge in [0.25, 0.3) is 0 Å². The van der Waals surface area contributed by atoms with Crippen LogP contribution in [0.25, 0.3) is 11.1 Å². The predicted octanol–water partition coefficient (Wildman–Crippen LogP) is 3.33. The maximum absolute atomic E-state index is 12.0. The fourth-order valence-electron chi connectivity index (χ4n) is 3.99. The molecule has 0 atom stereocenters. The van der Waals surface area contributed by atoms with E-state index in [-0.39, 0.29) is 5.91 Å². The second-order valence-electron chi connectivity index (χ2n) is 6.61. The summed E-state index contributed by atoms with van der Waals surface area (Å²) in [6, 6.07) is 1.95. The number of hydrogen-bond acceptors (Lipinski definition) is 3. The van der Waals surface area contributed by atoms with Crippen LogP contribution >= 0.6 is 23.2 Å². The van der Waals surface area contributed by atoms with Crippen molar-refractivity contribution in [3.05, 3.63) is 44.5 Å². The Morgan fingerprint density at radius 3 is 2.88 bits per heavy atom. The summed E-state index contributed by atoms with van der Waals surface area (Å²) in [5, 5.41) is 10.4. The normalized spacial score (nSPS) is 19.6. The van der Waals surface area contributed by atoms with Crippen LogP contribution in [0.5, 0.6) is 0 Å². The first-order valence-corrected chi connectivity index (χ1v) is 9.23. The lowest BCUT2D eigenvalue weighted by atomic mass is 9.90. The average molecular weight is 380 g/mol. The summed E-state index contributed by atoms with van der Waals surface area (Å²) in [7, 11) is 0. The lowest BCUT2D eigenvalue weighted by Crippen LogP contribution is -2.37. The van der Waals surface area contributed by atoms with Crippen molar-refractivity contribution in [3.63, 3.8) is 0 Å². The minimum absolute atomic E-state index is 0.230. The molecule has 25 heavy (non-hydrogen) atoms. The standard InChI is InChI=1S/C19H19Cl2NO3/c20-16-8-13(11-2-5-25-6-3-11)18-14(19(16)21)7-12-1-4-22(9-15(12)18)17(24)10-23/h2,8,23H,1,3-7,9-10H2. The first-order chi connectivity index (χ1) is 12.1. The van der Waals surface area contributed by atoms with E-state index in [4.69, 9.17) is 27.9 Å². The summed E-state index contributed by atoms with van der Waals surface area (Å²) in [5.41, 5.74) is 7.03. The summed E-state index contributed by atoms with van der Waals surface area (Å²) in [6.07, 6.45) is 4.54. The Balaban J connectivity index is 1.82. The van der Waals surface area contributed by atoms with E-state index >= 15 is 0 Å². The van der Waals surface area contributed by atoms with Gasteiger partial charge in [-0.1, -0.05) is 34.9 Å². The molecule has 2 aliphatic heterocycles. The van der Waals surface area contributed by atoms with Crippen LogP contribution in [0.15, 0.2) is 17.7 Å². The Hall–Kier alpha value is -1.33. The molecule has 4 nitrogen and oxygen atoms in total. The van der Waals surface area contributed by atoms with Crippen LogP contribution in [-0.2, 0) is 16.0 Å². The molecule has 0 saturated carbocycles. The number of aliphatic hydroxyl groups is 1. The molecule has 3 aliphatic rings. The van der Waals surface area contributed by atoms with E-state index in [0.29, 0.717) is 36.3 Å². The van der Waals surface area contributed by atoms with Crippen LogP contribution in [-0.4, -0.2) is 48.8 Å². The SMILES string of the molecule is O=C(CO)N1CCC2=C(C1)c1c(C3=CCOCC3)cc(Cl)c(Cl)c1C2. The molecule has 1 N–H and O–H groups in total. The minimum Gasteiger partial charge on any atom is -0.387 e. The van der Waals surface area contributed by atoms with Gasteiger partial charge in [0.05, 0.1) is 23.3 Å². The number of fused-ring (bicyclic) bond motifs is 2. The van der Waals surface area contributed by atoms with Gasteiger partial charge in [0.1, 0.15) is 6.61 Å². The third kappa shape index (κ3) is 2.91. The molecule has 4 rings (SSSR count). The fourth-order valence-corrected chi connectivity index (χ4v) is 4.43. The number of amides is 1. The van der Waals surface area contributed by atoms with E-state index in [1.807, 2.05) is 6.07 Å².